The Balaban J connectivity index is 0.000000158. The number of hydrogen-bond donors (Lipinski definition) is 0. The number of aryl methyl sites for hydroxylation is 1. The SMILES string of the molecule is Cc1ccnc(-c2[c-]ccc3c2sc2c4cccc5ccc6cccc(c32)c6c54)c1.[Ir].[c-]1ccccc1-c1ccc(-c2cccnc2)cn1. The number of pyridine rings is 3. The molecule has 3 nitrogen and oxygen atoms in total. The molecule has 10 aromatic rings. The minimum atomic E-state index is 0. The first-order valence-electron chi connectivity index (χ1n) is 15.9. The molecule has 1 radical (unpaired) electrons. The monoisotopic (exact) mass is 822 g/mol. The number of benzene rings is 6. The van der Waals surface area contributed by atoms with Crippen LogP contribution in [0.2, 0.25) is 0 Å². The predicted octanol–water partition coefficient (Wildman–Crippen LogP) is 11.7. The number of aromatic nitrogens is 3. The van der Waals surface area contributed by atoms with Gasteiger partial charge in [0.05, 0.1) is 0 Å². The molecular weight excluding hydrogens is 795 g/mol. The van der Waals surface area contributed by atoms with Crippen molar-refractivity contribution in [3.63, 3.8) is 0 Å². The van der Waals surface area contributed by atoms with Crippen molar-refractivity contribution in [1.82, 2.24) is 15.0 Å². The molecule has 4 heterocycles. The Morgan fingerprint density at radius 1 is 0.551 bits per heavy atom. The number of rotatable bonds is 3. The van der Waals surface area contributed by atoms with E-state index in [9.17, 15) is 0 Å². The molecule has 0 spiro atoms. The second-order valence-corrected chi connectivity index (χ2v) is 13.0. The van der Waals surface area contributed by atoms with E-state index in [0.717, 1.165) is 33.6 Å². The number of fused-ring (bicyclic) bond motifs is 5. The van der Waals surface area contributed by atoms with Gasteiger partial charge in [-0.05, 0) is 78.4 Å². The van der Waals surface area contributed by atoms with Crippen LogP contribution in [0.15, 0.2) is 146 Å². The quantitative estimate of drug-likeness (QED) is 0.132. The molecule has 0 unspecified atom stereocenters. The topological polar surface area (TPSA) is 38.7 Å². The van der Waals surface area contributed by atoms with Crippen LogP contribution >= 0.6 is 11.3 Å². The summed E-state index contributed by atoms with van der Waals surface area (Å²) in [7, 11) is 0. The molecule has 235 valence electrons. The Morgan fingerprint density at radius 3 is 2.08 bits per heavy atom. The zero-order valence-corrected chi connectivity index (χ0v) is 29.7. The van der Waals surface area contributed by atoms with E-state index in [4.69, 9.17) is 0 Å². The van der Waals surface area contributed by atoms with Gasteiger partial charge in [-0.3, -0.25) is 4.98 Å². The van der Waals surface area contributed by atoms with Crippen LogP contribution < -0.4 is 0 Å². The summed E-state index contributed by atoms with van der Waals surface area (Å²) in [6.07, 6.45) is 7.37. The first kappa shape index (κ1) is 31.0. The van der Waals surface area contributed by atoms with E-state index in [1.165, 1.54) is 58.1 Å². The standard InChI is InChI=1S/C28H16NS.C16H11N2.Ir/c1-16-13-14-29-23(15-16)19-7-4-10-22-26-20-8-2-5-17-11-12-18-6-3-9-21(25(18)24(17)20)28(26)30-27(19)22;1-2-5-13(6-3-1)16-9-8-15(12-18-16)14-7-4-10-17-11-14;/h2-6,8-15H,1H3;1-5,7-12H;/q2*-1;. The van der Waals surface area contributed by atoms with E-state index in [1.807, 2.05) is 78.5 Å². The molecule has 0 aliphatic rings. The Labute approximate surface area is 301 Å². The molecule has 0 N–H and O–H groups in total. The number of hydrogen-bond acceptors (Lipinski definition) is 4. The van der Waals surface area contributed by atoms with Gasteiger partial charge in [-0.1, -0.05) is 83.7 Å². The summed E-state index contributed by atoms with van der Waals surface area (Å²) in [6, 6.07) is 48.9. The second-order valence-electron chi connectivity index (χ2n) is 11.9. The van der Waals surface area contributed by atoms with Crippen LogP contribution in [0.1, 0.15) is 5.56 Å². The van der Waals surface area contributed by atoms with Crippen molar-refractivity contribution >= 4 is 63.8 Å². The summed E-state index contributed by atoms with van der Waals surface area (Å²) in [5, 5.41) is 10.7. The van der Waals surface area contributed by atoms with Crippen LogP contribution in [-0.2, 0) is 20.1 Å². The van der Waals surface area contributed by atoms with Crippen LogP contribution in [0.25, 0.3) is 86.1 Å². The Morgan fingerprint density at radius 2 is 1.35 bits per heavy atom. The average molecular weight is 822 g/mol. The third kappa shape index (κ3) is 5.47. The normalized spacial score (nSPS) is 11.2. The van der Waals surface area contributed by atoms with Crippen molar-refractivity contribution in [2.75, 3.05) is 0 Å². The third-order valence-corrected chi connectivity index (χ3v) is 10.2. The first-order chi connectivity index (χ1) is 23.7. The van der Waals surface area contributed by atoms with Crippen LogP contribution in [0, 0.1) is 19.1 Å². The van der Waals surface area contributed by atoms with E-state index >= 15 is 0 Å². The molecular formula is C44H27IrN3S-2. The van der Waals surface area contributed by atoms with Crippen molar-refractivity contribution < 1.29 is 20.1 Å². The predicted molar refractivity (Wildman–Crippen MR) is 202 cm³/mol. The van der Waals surface area contributed by atoms with E-state index in [1.54, 1.807) is 6.20 Å². The number of thiophene rings is 1. The molecule has 0 aliphatic heterocycles. The fourth-order valence-corrected chi connectivity index (χ4v) is 8.10. The van der Waals surface area contributed by atoms with Crippen LogP contribution in [0.4, 0.5) is 0 Å². The number of nitrogens with zero attached hydrogens (tertiary/aromatic N) is 3. The molecule has 49 heavy (non-hydrogen) atoms. The Kier molecular flexibility index (Phi) is 8.18. The Hall–Kier alpha value is -5.32. The second kappa shape index (κ2) is 12.9. The largest absolute Gasteiger partial charge is 0.305 e. The van der Waals surface area contributed by atoms with Gasteiger partial charge in [-0.25, -0.2) is 0 Å². The van der Waals surface area contributed by atoms with Crippen LogP contribution in [0.5, 0.6) is 0 Å². The molecule has 0 atom stereocenters. The zero-order chi connectivity index (χ0) is 32.0. The summed E-state index contributed by atoms with van der Waals surface area (Å²) < 4.78 is 2.62. The molecule has 0 saturated carbocycles. The van der Waals surface area contributed by atoms with Crippen molar-refractivity contribution in [2.45, 2.75) is 6.92 Å². The van der Waals surface area contributed by atoms with Crippen molar-refractivity contribution in [3.05, 3.63) is 164 Å². The van der Waals surface area contributed by atoms with Gasteiger partial charge in [0, 0.05) is 55.2 Å². The molecule has 0 aliphatic carbocycles. The van der Waals surface area contributed by atoms with Crippen molar-refractivity contribution in [3.8, 4) is 33.6 Å². The van der Waals surface area contributed by atoms with Gasteiger partial charge >= 0.3 is 0 Å². The van der Waals surface area contributed by atoms with Crippen molar-refractivity contribution in [1.29, 1.82) is 0 Å². The van der Waals surface area contributed by atoms with E-state index in [2.05, 4.69) is 107 Å². The van der Waals surface area contributed by atoms with E-state index < -0.39 is 0 Å². The summed E-state index contributed by atoms with van der Waals surface area (Å²) in [6.45, 7) is 2.11. The molecule has 0 bridgehead atoms. The molecule has 4 aromatic heterocycles. The fourth-order valence-electron chi connectivity index (χ4n) is 6.75. The summed E-state index contributed by atoms with van der Waals surface area (Å²) in [5.41, 5.74) is 7.40. The fraction of sp³-hybridized carbons (Fsp3) is 0.0227. The minimum Gasteiger partial charge on any atom is -0.305 e. The Bertz CT molecular complexity index is 2660. The molecule has 0 amide bonds. The molecule has 0 saturated heterocycles. The summed E-state index contributed by atoms with van der Waals surface area (Å²) >= 11 is 1.88. The summed E-state index contributed by atoms with van der Waals surface area (Å²) in [5.74, 6) is 0. The summed E-state index contributed by atoms with van der Waals surface area (Å²) in [4.78, 5) is 13.2. The molecule has 6 aromatic carbocycles. The van der Waals surface area contributed by atoms with Gasteiger partial charge in [-0.2, -0.15) is 11.3 Å². The maximum absolute atomic E-state index is 4.66. The smallest absolute Gasteiger partial charge is 0.0346 e. The van der Waals surface area contributed by atoms with Gasteiger partial charge in [0.1, 0.15) is 0 Å². The van der Waals surface area contributed by atoms with Crippen LogP contribution in [-0.4, -0.2) is 15.0 Å². The van der Waals surface area contributed by atoms with Crippen LogP contribution in [0.3, 0.4) is 0 Å². The molecule has 10 rings (SSSR count). The van der Waals surface area contributed by atoms with E-state index in [-0.39, 0.29) is 20.1 Å². The average Bonchev–Trinajstić information content (AvgIpc) is 3.56. The minimum absolute atomic E-state index is 0. The molecule has 5 heteroatoms. The van der Waals surface area contributed by atoms with Crippen molar-refractivity contribution in [2.24, 2.45) is 0 Å². The van der Waals surface area contributed by atoms with E-state index in [0.29, 0.717) is 0 Å². The van der Waals surface area contributed by atoms with Gasteiger partial charge in [0.2, 0.25) is 0 Å². The van der Waals surface area contributed by atoms with Gasteiger partial charge in [0.15, 0.2) is 0 Å². The first-order valence-corrected chi connectivity index (χ1v) is 16.7. The zero-order valence-electron chi connectivity index (χ0n) is 26.4. The molecule has 0 fully saturated rings. The maximum atomic E-state index is 4.66. The maximum Gasteiger partial charge on any atom is 0.0346 e. The third-order valence-electron chi connectivity index (χ3n) is 8.96. The van der Waals surface area contributed by atoms with Gasteiger partial charge in [0.25, 0.3) is 0 Å². The van der Waals surface area contributed by atoms with Gasteiger partial charge < -0.3 is 9.97 Å². The van der Waals surface area contributed by atoms with Gasteiger partial charge in [-0.15, -0.1) is 59.7 Å².